The summed E-state index contributed by atoms with van der Waals surface area (Å²) in [4.78, 5) is 2.53. The number of hydrogen-bond acceptors (Lipinski definition) is 3. The summed E-state index contributed by atoms with van der Waals surface area (Å²) in [5, 5.41) is 0. The summed E-state index contributed by atoms with van der Waals surface area (Å²) in [6.07, 6.45) is 10.6. The summed E-state index contributed by atoms with van der Waals surface area (Å²) in [6, 6.07) is 10.4. The molecule has 1 saturated heterocycles. The van der Waals surface area contributed by atoms with Crippen LogP contribution < -0.4 is 0 Å². The van der Waals surface area contributed by atoms with Crippen molar-refractivity contribution in [2.45, 2.75) is 58.8 Å². The van der Waals surface area contributed by atoms with Crippen LogP contribution in [0.15, 0.2) is 53.8 Å². The maximum Gasteiger partial charge on any atom is 0.133 e. The summed E-state index contributed by atoms with van der Waals surface area (Å²) < 4.78 is 12.2. The maximum atomic E-state index is 6.15. The van der Waals surface area contributed by atoms with Gasteiger partial charge in [-0.1, -0.05) is 56.2 Å². The second-order valence-electron chi connectivity index (χ2n) is 7.31. The van der Waals surface area contributed by atoms with Gasteiger partial charge in [0.2, 0.25) is 0 Å². The molecule has 0 saturated carbocycles. The van der Waals surface area contributed by atoms with E-state index >= 15 is 0 Å². The fraction of sp³-hybridized carbons (Fsp3) is 0.565. The van der Waals surface area contributed by atoms with Crippen LogP contribution in [0.4, 0.5) is 0 Å². The quantitative estimate of drug-likeness (QED) is 0.562. The summed E-state index contributed by atoms with van der Waals surface area (Å²) in [7, 11) is 0. The van der Waals surface area contributed by atoms with E-state index in [0.29, 0.717) is 12.5 Å². The van der Waals surface area contributed by atoms with Gasteiger partial charge in [0, 0.05) is 26.1 Å². The van der Waals surface area contributed by atoms with Crippen molar-refractivity contribution in [1.82, 2.24) is 4.90 Å². The van der Waals surface area contributed by atoms with E-state index in [1.54, 1.807) is 0 Å². The van der Waals surface area contributed by atoms with Crippen LogP contribution in [0.2, 0.25) is 0 Å². The molecule has 0 radical (unpaired) electrons. The Morgan fingerprint density at radius 1 is 1.08 bits per heavy atom. The highest BCUT2D eigenvalue weighted by molar-refractivity contribution is 5.28. The molecule has 1 aliphatic carbocycles. The Labute approximate surface area is 158 Å². The van der Waals surface area contributed by atoms with Gasteiger partial charge in [0.1, 0.15) is 12.8 Å². The van der Waals surface area contributed by atoms with Crippen molar-refractivity contribution < 1.29 is 9.47 Å². The predicted molar refractivity (Wildman–Crippen MR) is 107 cm³/mol. The number of nitrogens with zero attached hydrogens (tertiary/aromatic N) is 1. The molecular weight excluding hydrogens is 322 g/mol. The molecule has 1 aromatic rings. The van der Waals surface area contributed by atoms with Crippen molar-refractivity contribution in [3.8, 4) is 0 Å². The number of ether oxygens (including phenoxy) is 2. The number of unbranched alkanes of at least 4 members (excludes halogenated alkanes) is 2. The second kappa shape index (κ2) is 9.94. The molecule has 142 valence electrons. The molecule has 3 nitrogen and oxygen atoms in total. The Morgan fingerprint density at radius 3 is 2.69 bits per heavy atom. The Morgan fingerprint density at radius 2 is 1.92 bits per heavy atom. The molecule has 3 rings (SSSR count). The van der Waals surface area contributed by atoms with Gasteiger partial charge in [0.15, 0.2) is 0 Å². The minimum Gasteiger partial charge on any atom is -0.493 e. The van der Waals surface area contributed by atoms with Crippen molar-refractivity contribution in [2.24, 2.45) is 5.92 Å². The van der Waals surface area contributed by atoms with Crippen LogP contribution in [0.1, 0.15) is 51.5 Å². The SMILES string of the molecule is CCCCCN1CCC2CC(OCc3ccccc3)=CC=C2C1OCC. The van der Waals surface area contributed by atoms with Crippen LogP contribution in [0.25, 0.3) is 0 Å². The number of rotatable bonds is 9. The zero-order valence-corrected chi connectivity index (χ0v) is 16.3. The molecule has 1 fully saturated rings. The van der Waals surface area contributed by atoms with Gasteiger partial charge >= 0.3 is 0 Å². The lowest BCUT2D eigenvalue weighted by atomic mass is 9.83. The molecule has 0 spiro atoms. The molecule has 2 aliphatic rings. The fourth-order valence-electron chi connectivity index (χ4n) is 3.97. The maximum absolute atomic E-state index is 6.15. The Balaban J connectivity index is 1.63. The minimum absolute atomic E-state index is 0.155. The van der Waals surface area contributed by atoms with Crippen LogP contribution in [0.3, 0.4) is 0 Å². The lowest BCUT2D eigenvalue weighted by molar-refractivity contribution is -0.0541. The van der Waals surface area contributed by atoms with Crippen LogP contribution in [-0.4, -0.2) is 30.8 Å². The first-order valence-corrected chi connectivity index (χ1v) is 10.2. The standard InChI is InChI=1S/C23H33NO2/c1-3-5-9-15-24-16-14-20-17-21(12-13-22(20)23(24)25-4-2)26-18-19-10-7-6-8-11-19/h6-8,10-13,20,23H,3-5,9,14-18H2,1-2H3. The number of fused-ring (bicyclic) bond motifs is 1. The van der Waals surface area contributed by atoms with E-state index in [2.05, 4.69) is 55.2 Å². The minimum atomic E-state index is 0.155. The van der Waals surface area contributed by atoms with Crippen LogP contribution >= 0.6 is 0 Å². The normalized spacial score (nSPS) is 23.2. The Bertz CT molecular complexity index is 608. The van der Waals surface area contributed by atoms with Gasteiger partial charge in [0.25, 0.3) is 0 Å². The van der Waals surface area contributed by atoms with Crippen molar-refractivity contribution in [3.05, 3.63) is 59.4 Å². The number of allylic oxidation sites excluding steroid dienone is 3. The number of piperidine rings is 1. The highest BCUT2D eigenvalue weighted by Crippen LogP contribution is 2.37. The predicted octanol–water partition coefficient (Wildman–Crippen LogP) is 5.29. The fourth-order valence-corrected chi connectivity index (χ4v) is 3.97. The molecule has 1 aliphatic heterocycles. The molecule has 2 atom stereocenters. The molecule has 3 heteroatoms. The van der Waals surface area contributed by atoms with E-state index < -0.39 is 0 Å². The van der Waals surface area contributed by atoms with E-state index in [1.807, 2.05) is 6.07 Å². The molecule has 26 heavy (non-hydrogen) atoms. The Hall–Kier alpha value is -1.58. The summed E-state index contributed by atoms with van der Waals surface area (Å²) >= 11 is 0. The molecule has 0 aromatic heterocycles. The van der Waals surface area contributed by atoms with E-state index in [0.717, 1.165) is 31.9 Å². The molecule has 2 unspecified atom stereocenters. The van der Waals surface area contributed by atoms with Crippen LogP contribution in [0.5, 0.6) is 0 Å². The average Bonchev–Trinajstić information content (AvgIpc) is 2.69. The van der Waals surface area contributed by atoms with Gasteiger partial charge < -0.3 is 9.47 Å². The smallest absolute Gasteiger partial charge is 0.133 e. The van der Waals surface area contributed by atoms with Gasteiger partial charge in [-0.05, 0) is 42.9 Å². The third-order valence-corrected chi connectivity index (χ3v) is 5.40. The first kappa shape index (κ1) is 19.2. The van der Waals surface area contributed by atoms with Gasteiger partial charge in [-0.3, -0.25) is 4.90 Å². The van der Waals surface area contributed by atoms with Gasteiger partial charge in [-0.25, -0.2) is 0 Å². The number of likely N-dealkylation sites (tertiary alicyclic amines) is 1. The van der Waals surface area contributed by atoms with E-state index in [-0.39, 0.29) is 6.23 Å². The third-order valence-electron chi connectivity index (χ3n) is 5.40. The molecule has 0 bridgehead atoms. The summed E-state index contributed by atoms with van der Waals surface area (Å²) in [5.74, 6) is 1.67. The zero-order valence-electron chi connectivity index (χ0n) is 16.3. The van der Waals surface area contributed by atoms with Gasteiger partial charge in [-0.2, -0.15) is 0 Å². The largest absolute Gasteiger partial charge is 0.493 e. The lowest BCUT2D eigenvalue weighted by Crippen LogP contribution is -2.47. The van der Waals surface area contributed by atoms with E-state index in [4.69, 9.17) is 9.47 Å². The zero-order chi connectivity index (χ0) is 18.2. The summed E-state index contributed by atoms with van der Waals surface area (Å²) in [6.45, 7) is 8.05. The number of hydrogen-bond donors (Lipinski definition) is 0. The van der Waals surface area contributed by atoms with E-state index in [1.165, 1.54) is 36.8 Å². The molecule has 1 heterocycles. The highest BCUT2D eigenvalue weighted by Gasteiger charge is 2.35. The topological polar surface area (TPSA) is 21.7 Å². The van der Waals surface area contributed by atoms with Gasteiger partial charge in [-0.15, -0.1) is 0 Å². The monoisotopic (exact) mass is 355 g/mol. The van der Waals surface area contributed by atoms with Crippen molar-refractivity contribution in [1.29, 1.82) is 0 Å². The molecule has 0 amide bonds. The van der Waals surface area contributed by atoms with Crippen molar-refractivity contribution >= 4 is 0 Å². The van der Waals surface area contributed by atoms with Gasteiger partial charge in [0.05, 0.1) is 5.76 Å². The molecular formula is C23H33NO2. The highest BCUT2D eigenvalue weighted by atomic mass is 16.5. The lowest BCUT2D eigenvalue weighted by Gasteiger charge is -2.42. The Kier molecular flexibility index (Phi) is 7.33. The van der Waals surface area contributed by atoms with Crippen molar-refractivity contribution in [3.63, 3.8) is 0 Å². The van der Waals surface area contributed by atoms with Crippen LogP contribution in [-0.2, 0) is 16.1 Å². The number of benzene rings is 1. The molecule has 0 N–H and O–H groups in total. The van der Waals surface area contributed by atoms with E-state index in [9.17, 15) is 0 Å². The first-order chi connectivity index (χ1) is 12.8. The molecule has 1 aromatic carbocycles. The third kappa shape index (κ3) is 4.99. The van der Waals surface area contributed by atoms with Crippen LogP contribution in [0, 0.1) is 5.92 Å². The first-order valence-electron chi connectivity index (χ1n) is 10.2. The second-order valence-corrected chi connectivity index (χ2v) is 7.31. The average molecular weight is 356 g/mol. The summed E-state index contributed by atoms with van der Waals surface area (Å²) in [5.41, 5.74) is 2.67. The van der Waals surface area contributed by atoms with Crippen molar-refractivity contribution in [2.75, 3.05) is 19.7 Å².